The normalized spacial score (nSPS) is 11.4. The van der Waals surface area contributed by atoms with E-state index in [0.29, 0.717) is 0 Å². The van der Waals surface area contributed by atoms with Gasteiger partial charge in [-0.25, -0.2) is 4.79 Å². The second-order valence-corrected chi connectivity index (χ2v) is 6.05. The van der Waals surface area contributed by atoms with E-state index < -0.39 is 11.7 Å². The molecule has 0 fully saturated rings. The molecule has 100 valence electrons. The average Bonchev–Trinajstić information content (AvgIpc) is 2.75. The van der Waals surface area contributed by atoms with Gasteiger partial charge in [-0.2, -0.15) is 0 Å². The van der Waals surface area contributed by atoms with E-state index in [0.717, 1.165) is 15.7 Å². The highest BCUT2D eigenvalue weighted by atomic mass is 79.9. The molecule has 0 bridgehead atoms. The maximum Gasteiger partial charge on any atom is 0.418 e. The van der Waals surface area contributed by atoms with Gasteiger partial charge in [0.2, 0.25) is 0 Å². The van der Waals surface area contributed by atoms with Gasteiger partial charge >= 0.3 is 6.09 Å². The molecular formula is C14H15BrN2O2. The summed E-state index contributed by atoms with van der Waals surface area (Å²) in [4.78, 5) is 16.2. The first kappa shape index (κ1) is 13.8. The number of hydrogen-bond donors (Lipinski definition) is 0. The third kappa shape index (κ3) is 3.44. The molecule has 0 saturated carbocycles. The maximum atomic E-state index is 12.1. The third-order valence-corrected chi connectivity index (χ3v) is 2.77. The first-order valence-electron chi connectivity index (χ1n) is 5.88. The van der Waals surface area contributed by atoms with E-state index in [1.54, 1.807) is 24.7 Å². The molecule has 2 heterocycles. The van der Waals surface area contributed by atoms with Crippen LogP contribution in [0.15, 0.2) is 41.3 Å². The summed E-state index contributed by atoms with van der Waals surface area (Å²) in [6.45, 7) is 5.53. The monoisotopic (exact) mass is 322 g/mol. The highest BCUT2D eigenvalue weighted by Gasteiger charge is 2.19. The van der Waals surface area contributed by atoms with Crippen molar-refractivity contribution in [3.05, 3.63) is 41.3 Å². The van der Waals surface area contributed by atoms with Crippen LogP contribution in [0.1, 0.15) is 20.8 Å². The van der Waals surface area contributed by atoms with Crippen LogP contribution in [-0.4, -0.2) is 21.2 Å². The Bertz CT molecular complexity index is 599. The molecule has 4 nitrogen and oxygen atoms in total. The summed E-state index contributed by atoms with van der Waals surface area (Å²) >= 11 is 3.37. The van der Waals surface area contributed by atoms with Crippen molar-refractivity contribution in [2.45, 2.75) is 26.4 Å². The zero-order chi connectivity index (χ0) is 14.0. The Labute approximate surface area is 120 Å². The van der Waals surface area contributed by atoms with E-state index in [1.165, 1.54) is 4.57 Å². The molecular weight excluding hydrogens is 308 g/mol. The fourth-order valence-electron chi connectivity index (χ4n) is 1.64. The van der Waals surface area contributed by atoms with Crippen LogP contribution in [0.25, 0.3) is 11.3 Å². The molecule has 5 heteroatoms. The molecule has 0 radical (unpaired) electrons. The zero-order valence-electron chi connectivity index (χ0n) is 11.1. The predicted octanol–water partition coefficient (Wildman–Crippen LogP) is 4.10. The molecule has 2 aromatic heterocycles. The number of pyridine rings is 1. The molecule has 0 amide bonds. The first-order valence-corrected chi connectivity index (χ1v) is 6.68. The van der Waals surface area contributed by atoms with Gasteiger partial charge in [0, 0.05) is 28.6 Å². The van der Waals surface area contributed by atoms with Gasteiger partial charge in [-0.05, 0) is 54.9 Å². The summed E-state index contributed by atoms with van der Waals surface area (Å²) < 4.78 is 7.71. The van der Waals surface area contributed by atoms with Crippen LogP contribution in [0.3, 0.4) is 0 Å². The summed E-state index contributed by atoms with van der Waals surface area (Å²) in [5, 5.41) is 0. The molecule has 0 unspecified atom stereocenters. The summed E-state index contributed by atoms with van der Waals surface area (Å²) in [6.07, 6.45) is 4.70. The first-order chi connectivity index (χ1) is 8.87. The van der Waals surface area contributed by atoms with Gasteiger partial charge in [-0.1, -0.05) is 0 Å². The highest BCUT2D eigenvalue weighted by molar-refractivity contribution is 9.10. The zero-order valence-corrected chi connectivity index (χ0v) is 12.6. The summed E-state index contributed by atoms with van der Waals surface area (Å²) in [6, 6.07) is 5.57. The largest absolute Gasteiger partial charge is 0.443 e. The fourth-order valence-corrected chi connectivity index (χ4v) is 2.00. The van der Waals surface area contributed by atoms with Gasteiger partial charge in [0.1, 0.15) is 5.60 Å². The number of halogens is 1. The van der Waals surface area contributed by atoms with Crippen LogP contribution in [0.4, 0.5) is 4.79 Å². The number of hydrogen-bond acceptors (Lipinski definition) is 3. The molecule has 0 aliphatic carbocycles. The lowest BCUT2D eigenvalue weighted by Gasteiger charge is -2.20. The van der Waals surface area contributed by atoms with Crippen LogP contribution in [0.2, 0.25) is 0 Å². The number of aromatic nitrogens is 2. The fraction of sp³-hybridized carbons (Fsp3) is 0.286. The quantitative estimate of drug-likeness (QED) is 0.794. The van der Waals surface area contributed by atoms with Crippen molar-refractivity contribution in [1.82, 2.24) is 9.55 Å². The molecule has 2 rings (SSSR count). The Kier molecular flexibility index (Phi) is 3.75. The maximum absolute atomic E-state index is 12.1. The minimum Gasteiger partial charge on any atom is -0.443 e. The number of carbonyl (C=O) groups excluding carboxylic acids is 1. The Hall–Kier alpha value is -1.62. The SMILES string of the molecule is CC(C)(C)OC(=O)n1cccc1-c1cncc(Br)c1. The molecule has 0 N–H and O–H groups in total. The number of nitrogens with zero attached hydrogens (tertiary/aromatic N) is 2. The smallest absolute Gasteiger partial charge is 0.418 e. The van der Waals surface area contributed by atoms with Gasteiger partial charge in [0.25, 0.3) is 0 Å². The topological polar surface area (TPSA) is 44.1 Å². The number of ether oxygens (including phenoxy) is 1. The molecule has 0 aliphatic rings. The molecule has 0 atom stereocenters. The average molecular weight is 323 g/mol. The minimum atomic E-state index is -0.520. The van der Waals surface area contributed by atoms with Crippen molar-refractivity contribution >= 4 is 22.0 Å². The standard InChI is InChI=1S/C14H15BrN2O2/c1-14(2,3)19-13(18)17-6-4-5-12(17)10-7-11(15)9-16-8-10/h4-9H,1-3H3. The Balaban J connectivity index is 2.35. The van der Waals surface area contributed by atoms with E-state index in [4.69, 9.17) is 4.74 Å². The third-order valence-electron chi connectivity index (χ3n) is 2.34. The van der Waals surface area contributed by atoms with Crippen LogP contribution >= 0.6 is 15.9 Å². The lowest BCUT2D eigenvalue weighted by atomic mass is 10.2. The molecule has 0 aromatic carbocycles. The summed E-state index contributed by atoms with van der Waals surface area (Å²) in [5.74, 6) is 0. The molecule has 0 aliphatic heterocycles. The van der Waals surface area contributed by atoms with Gasteiger partial charge in [0.15, 0.2) is 0 Å². The number of carbonyl (C=O) groups is 1. The van der Waals surface area contributed by atoms with E-state index in [1.807, 2.05) is 32.9 Å². The Morgan fingerprint density at radius 2 is 2.11 bits per heavy atom. The Morgan fingerprint density at radius 1 is 1.37 bits per heavy atom. The van der Waals surface area contributed by atoms with Crippen molar-refractivity contribution in [2.24, 2.45) is 0 Å². The van der Waals surface area contributed by atoms with E-state index in [9.17, 15) is 4.79 Å². The van der Waals surface area contributed by atoms with Crippen molar-refractivity contribution in [2.75, 3.05) is 0 Å². The van der Waals surface area contributed by atoms with Gasteiger partial charge in [-0.3, -0.25) is 9.55 Å². The van der Waals surface area contributed by atoms with Crippen LogP contribution in [-0.2, 0) is 4.74 Å². The minimum absolute atomic E-state index is 0.396. The summed E-state index contributed by atoms with van der Waals surface area (Å²) in [5.41, 5.74) is 1.09. The van der Waals surface area contributed by atoms with Crippen molar-refractivity contribution in [3.63, 3.8) is 0 Å². The van der Waals surface area contributed by atoms with E-state index in [-0.39, 0.29) is 0 Å². The van der Waals surface area contributed by atoms with Gasteiger partial charge < -0.3 is 4.74 Å². The lowest BCUT2D eigenvalue weighted by molar-refractivity contribution is 0.0540. The Morgan fingerprint density at radius 3 is 2.74 bits per heavy atom. The molecule has 19 heavy (non-hydrogen) atoms. The van der Waals surface area contributed by atoms with Crippen molar-refractivity contribution < 1.29 is 9.53 Å². The lowest BCUT2D eigenvalue weighted by Crippen LogP contribution is -2.27. The van der Waals surface area contributed by atoms with Crippen molar-refractivity contribution in [1.29, 1.82) is 0 Å². The van der Waals surface area contributed by atoms with Crippen LogP contribution in [0.5, 0.6) is 0 Å². The summed E-state index contributed by atoms with van der Waals surface area (Å²) in [7, 11) is 0. The van der Waals surface area contributed by atoms with Gasteiger partial charge in [0.05, 0.1) is 5.69 Å². The second-order valence-electron chi connectivity index (χ2n) is 5.14. The van der Waals surface area contributed by atoms with Gasteiger partial charge in [-0.15, -0.1) is 0 Å². The van der Waals surface area contributed by atoms with E-state index in [2.05, 4.69) is 20.9 Å². The molecule has 2 aromatic rings. The molecule has 0 saturated heterocycles. The predicted molar refractivity (Wildman–Crippen MR) is 77.0 cm³/mol. The number of rotatable bonds is 1. The van der Waals surface area contributed by atoms with Crippen LogP contribution in [0, 0.1) is 0 Å². The van der Waals surface area contributed by atoms with E-state index >= 15 is 0 Å². The van der Waals surface area contributed by atoms with Crippen LogP contribution < -0.4 is 0 Å². The highest BCUT2D eigenvalue weighted by Crippen LogP contribution is 2.23. The van der Waals surface area contributed by atoms with Crippen molar-refractivity contribution in [3.8, 4) is 11.3 Å². The second kappa shape index (κ2) is 5.17. The molecule has 0 spiro atoms.